The molecular formula is C21H27N3O2. The zero-order chi connectivity index (χ0) is 18.4. The highest BCUT2D eigenvalue weighted by Gasteiger charge is 2.27. The van der Waals surface area contributed by atoms with Crippen molar-refractivity contribution in [2.75, 3.05) is 26.2 Å². The molecule has 1 aliphatic rings. The van der Waals surface area contributed by atoms with Crippen LogP contribution in [-0.2, 0) is 4.79 Å². The highest BCUT2D eigenvalue weighted by atomic mass is 16.5. The minimum Gasteiger partial charge on any atom is -0.494 e. The summed E-state index contributed by atoms with van der Waals surface area (Å²) in [6, 6.07) is 10.1. The van der Waals surface area contributed by atoms with Crippen molar-refractivity contribution in [1.29, 1.82) is 0 Å². The van der Waals surface area contributed by atoms with Crippen LogP contribution in [0.2, 0.25) is 0 Å². The summed E-state index contributed by atoms with van der Waals surface area (Å²) in [6.07, 6.45) is 4.83. The second kappa shape index (κ2) is 8.81. The number of amides is 1. The van der Waals surface area contributed by atoms with E-state index in [2.05, 4.69) is 30.2 Å². The van der Waals surface area contributed by atoms with Crippen molar-refractivity contribution >= 4 is 5.91 Å². The Kier molecular flexibility index (Phi) is 6.23. The van der Waals surface area contributed by atoms with Crippen molar-refractivity contribution in [2.45, 2.75) is 32.7 Å². The van der Waals surface area contributed by atoms with Gasteiger partial charge in [0.2, 0.25) is 5.91 Å². The van der Waals surface area contributed by atoms with Gasteiger partial charge in [0.1, 0.15) is 5.75 Å². The second-order valence-electron chi connectivity index (χ2n) is 6.79. The Morgan fingerprint density at radius 3 is 2.96 bits per heavy atom. The SMILES string of the molecule is Cc1ccc(OCCCC(=O)N2CCNCC2c2cccnc2)cc1C. The molecule has 0 bridgehead atoms. The van der Waals surface area contributed by atoms with Crippen LogP contribution >= 0.6 is 0 Å². The van der Waals surface area contributed by atoms with E-state index in [-0.39, 0.29) is 11.9 Å². The molecule has 1 aromatic carbocycles. The maximum atomic E-state index is 12.7. The molecule has 1 saturated heterocycles. The fourth-order valence-electron chi connectivity index (χ4n) is 3.23. The Labute approximate surface area is 155 Å². The number of aryl methyl sites for hydroxylation is 2. The third-order valence-electron chi connectivity index (χ3n) is 4.92. The highest BCUT2D eigenvalue weighted by Crippen LogP contribution is 2.22. The lowest BCUT2D eigenvalue weighted by Crippen LogP contribution is -2.48. The van der Waals surface area contributed by atoms with Crippen LogP contribution in [0, 0.1) is 13.8 Å². The Morgan fingerprint density at radius 2 is 2.19 bits per heavy atom. The number of hydrogen-bond acceptors (Lipinski definition) is 4. The Balaban J connectivity index is 1.51. The maximum absolute atomic E-state index is 12.7. The van der Waals surface area contributed by atoms with Crippen molar-refractivity contribution in [3.8, 4) is 5.75 Å². The van der Waals surface area contributed by atoms with Gasteiger partial charge >= 0.3 is 0 Å². The lowest BCUT2D eigenvalue weighted by molar-refractivity contribution is -0.134. The van der Waals surface area contributed by atoms with Gasteiger partial charge in [-0.05, 0) is 55.2 Å². The molecule has 1 N–H and O–H groups in total. The van der Waals surface area contributed by atoms with Crippen molar-refractivity contribution < 1.29 is 9.53 Å². The van der Waals surface area contributed by atoms with Crippen LogP contribution in [-0.4, -0.2) is 42.0 Å². The van der Waals surface area contributed by atoms with Gasteiger partial charge < -0.3 is 15.0 Å². The molecule has 3 rings (SSSR count). The van der Waals surface area contributed by atoms with Gasteiger partial charge in [-0.25, -0.2) is 0 Å². The van der Waals surface area contributed by atoms with Crippen LogP contribution in [0.5, 0.6) is 5.75 Å². The maximum Gasteiger partial charge on any atom is 0.223 e. The van der Waals surface area contributed by atoms with Crippen LogP contribution in [0.25, 0.3) is 0 Å². The number of piperazine rings is 1. The van der Waals surface area contributed by atoms with Gasteiger partial charge in [0, 0.05) is 38.4 Å². The van der Waals surface area contributed by atoms with E-state index in [0.29, 0.717) is 13.0 Å². The Bertz CT molecular complexity index is 733. The predicted molar refractivity (Wildman–Crippen MR) is 102 cm³/mol. The number of ether oxygens (including phenoxy) is 1. The summed E-state index contributed by atoms with van der Waals surface area (Å²) in [7, 11) is 0. The predicted octanol–water partition coefficient (Wildman–Crippen LogP) is 3.03. The fraction of sp³-hybridized carbons (Fsp3) is 0.429. The minimum atomic E-state index is 0.0608. The molecule has 5 heteroatoms. The van der Waals surface area contributed by atoms with Gasteiger partial charge in [0.05, 0.1) is 12.6 Å². The first-order valence-corrected chi connectivity index (χ1v) is 9.25. The molecule has 0 aliphatic carbocycles. The number of rotatable bonds is 6. The number of benzene rings is 1. The van der Waals surface area contributed by atoms with Gasteiger partial charge in [0.15, 0.2) is 0 Å². The van der Waals surface area contributed by atoms with Gasteiger partial charge in [0.25, 0.3) is 0 Å². The largest absolute Gasteiger partial charge is 0.494 e. The van der Waals surface area contributed by atoms with E-state index in [1.807, 2.05) is 35.4 Å². The van der Waals surface area contributed by atoms with Crippen LogP contribution in [0.4, 0.5) is 0 Å². The van der Waals surface area contributed by atoms with Crippen molar-refractivity contribution in [2.24, 2.45) is 0 Å². The molecule has 0 radical (unpaired) electrons. The molecule has 1 fully saturated rings. The number of nitrogens with one attached hydrogen (secondary N) is 1. The van der Waals surface area contributed by atoms with Gasteiger partial charge in [-0.15, -0.1) is 0 Å². The summed E-state index contributed by atoms with van der Waals surface area (Å²) >= 11 is 0. The molecule has 26 heavy (non-hydrogen) atoms. The van der Waals surface area contributed by atoms with Crippen molar-refractivity contribution in [3.63, 3.8) is 0 Å². The van der Waals surface area contributed by atoms with E-state index >= 15 is 0 Å². The summed E-state index contributed by atoms with van der Waals surface area (Å²) < 4.78 is 5.80. The average Bonchev–Trinajstić information content (AvgIpc) is 2.68. The number of pyridine rings is 1. The minimum absolute atomic E-state index is 0.0608. The summed E-state index contributed by atoms with van der Waals surface area (Å²) in [5.41, 5.74) is 3.56. The molecule has 1 aliphatic heterocycles. The Hall–Kier alpha value is -2.40. The fourth-order valence-corrected chi connectivity index (χ4v) is 3.23. The molecule has 0 saturated carbocycles. The highest BCUT2D eigenvalue weighted by molar-refractivity contribution is 5.77. The summed E-state index contributed by atoms with van der Waals surface area (Å²) in [6.45, 7) is 7.06. The number of carbonyl (C=O) groups excluding carboxylic acids is 1. The molecule has 2 aromatic rings. The standard InChI is InChI=1S/C21H27N3O2/c1-16-7-8-19(13-17(16)2)26-12-4-6-21(25)24-11-10-23-15-20(24)18-5-3-9-22-14-18/h3,5,7-9,13-14,20,23H,4,6,10-12,15H2,1-2H3. The summed E-state index contributed by atoms with van der Waals surface area (Å²) in [4.78, 5) is 18.9. The zero-order valence-corrected chi connectivity index (χ0v) is 15.6. The van der Waals surface area contributed by atoms with Gasteiger partial charge in [-0.3, -0.25) is 9.78 Å². The monoisotopic (exact) mass is 353 g/mol. The molecule has 2 heterocycles. The number of nitrogens with zero attached hydrogens (tertiary/aromatic N) is 2. The van der Waals surface area contributed by atoms with Crippen LogP contribution < -0.4 is 10.1 Å². The average molecular weight is 353 g/mol. The number of carbonyl (C=O) groups is 1. The normalized spacial score (nSPS) is 17.2. The van der Waals surface area contributed by atoms with Crippen molar-refractivity contribution in [1.82, 2.24) is 15.2 Å². The molecule has 138 valence electrons. The lowest BCUT2D eigenvalue weighted by Gasteiger charge is -2.36. The third kappa shape index (κ3) is 4.61. The summed E-state index contributed by atoms with van der Waals surface area (Å²) in [5, 5.41) is 3.37. The van der Waals surface area contributed by atoms with Crippen LogP contribution in [0.3, 0.4) is 0 Å². The molecular weight excluding hydrogens is 326 g/mol. The van der Waals surface area contributed by atoms with E-state index in [1.165, 1.54) is 11.1 Å². The van der Waals surface area contributed by atoms with Gasteiger partial charge in [-0.1, -0.05) is 12.1 Å². The van der Waals surface area contributed by atoms with Crippen LogP contribution in [0.1, 0.15) is 35.6 Å². The molecule has 5 nitrogen and oxygen atoms in total. The molecule has 1 amide bonds. The lowest BCUT2D eigenvalue weighted by atomic mass is 10.0. The first kappa shape index (κ1) is 18.4. The van der Waals surface area contributed by atoms with Crippen molar-refractivity contribution in [3.05, 3.63) is 59.4 Å². The first-order chi connectivity index (χ1) is 12.6. The second-order valence-corrected chi connectivity index (χ2v) is 6.79. The number of aromatic nitrogens is 1. The first-order valence-electron chi connectivity index (χ1n) is 9.25. The quantitative estimate of drug-likeness (QED) is 0.811. The smallest absolute Gasteiger partial charge is 0.223 e. The van der Waals surface area contributed by atoms with E-state index in [0.717, 1.165) is 37.4 Å². The van der Waals surface area contributed by atoms with E-state index < -0.39 is 0 Å². The van der Waals surface area contributed by atoms with E-state index in [1.54, 1.807) is 6.20 Å². The van der Waals surface area contributed by atoms with Crippen LogP contribution in [0.15, 0.2) is 42.7 Å². The van der Waals surface area contributed by atoms with Gasteiger partial charge in [-0.2, -0.15) is 0 Å². The number of hydrogen-bond donors (Lipinski definition) is 1. The molecule has 1 aromatic heterocycles. The third-order valence-corrected chi connectivity index (χ3v) is 4.92. The molecule has 1 atom stereocenters. The van der Waals surface area contributed by atoms with E-state index in [4.69, 9.17) is 4.74 Å². The molecule has 1 unspecified atom stereocenters. The Morgan fingerprint density at radius 1 is 1.31 bits per heavy atom. The topological polar surface area (TPSA) is 54.5 Å². The summed E-state index contributed by atoms with van der Waals surface area (Å²) in [5.74, 6) is 1.06. The zero-order valence-electron chi connectivity index (χ0n) is 15.6. The van der Waals surface area contributed by atoms with E-state index in [9.17, 15) is 4.79 Å². The molecule has 0 spiro atoms.